The fraction of sp³-hybridized carbons (Fsp3) is 0.400. The van der Waals surface area contributed by atoms with E-state index in [2.05, 4.69) is 58.8 Å². The third-order valence-corrected chi connectivity index (χ3v) is 6.12. The maximum absolute atomic E-state index is 13.3. The van der Waals surface area contributed by atoms with Crippen molar-refractivity contribution in [3.8, 4) is 11.3 Å². The predicted molar refractivity (Wildman–Crippen MR) is 122 cm³/mol. The first-order chi connectivity index (χ1) is 15.8. The van der Waals surface area contributed by atoms with E-state index in [1.54, 1.807) is 12.1 Å². The maximum atomic E-state index is 13.3. The van der Waals surface area contributed by atoms with Crippen LogP contribution in [0.2, 0.25) is 0 Å². The summed E-state index contributed by atoms with van der Waals surface area (Å²) in [4.78, 5) is 2.44. The summed E-state index contributed by atoms with van der Waals surface area (Å²) in [6.07, 6.45) is -4.44. The van der Waals surface area contributed by atoms with Crippen molar-refractivity contribution in [3.63, 3.8) is 0 Å². The number of nitrogens with zero attached hydrogens (tertiary/aromatic N) is 2. The van der Waals surface area contributed by atoms with E-state index in [4.69, 9.17) is 4.52 Å². The molecule has 8 heteroatoms. The van der Waals surface area contributed by atoms with E-state index < -0.39 is 11.7 Å². The lowest BCUT2D eigenvalue weighted by Gasteiger charge is -2.38. The molecule has 0 bridgehead atoms. The molecule has 176 valence electrons. The molecule has 1 saturated heterocycles. The van der Waals surface area contributed by atoms with Crippen LogP contribution in [0, 0.1) is 6.92 Å². The van der Waals surface area contributed by atoms with E-state index in [-0.39, 0.29) is 11.3 Å². The molecule has 4 rings (SSSR count). The molecule has 33 heavy (non-hydrogen) atoms. The summed E-state index contributed by atoms with van der Waals surface area (Å²) in [6.45, 7) is 8.21. The summed E-state index contributed by atoms with van der Waals surface area (Å²) in [5.74, 6) is 0.507. The number of aryl methyl sites for hydroxylation is 1. The standard InChI is InChI=1S/C25H29F3N4O/c1-17-7-9-19(10-8-17)24-16-32(12-11-30-24)18(2)14-29-15-20-13-23(31-33-20)21-5-3-4-6-22(21)25(26,27)28/h3-10,13,18,24,29-30H,11-12,14-16H2,1-2H3. The number of hydrogen-bond acceptors (Lipinski definition) is 5. The summed E-state index contributed by atoms with van der Waals surface area (Å²) >= 11 is 0. The quantitative estimate of drug-likeness (QED) is 0.533. The monoisotopic (exact) mass is 458 g/mol. The van der Waals surface area contributed by atoms with Gasteiger partial charge in [0.15, 0.2) is 5.76 Å². The second kappa shape index (κ2) is 10.1. The molecule has 0 spiro atoms. The van der Waals surface area contributed by atoms with E-state index in [0.717, 1.165) is 32.2 Å². The van der Waals surface area contributed by atoms with Crippen LogP contribution in [0.4, 0.5) is 13.2 Å². The van der Waals surface area contributed by atoms with Gasteiger partial charge in [0.1, 0.15) is 5.69 Å². The molecule has 2 heterocycles. The lowest BCUT2D eigenvalue weighted by molar-refractivity contribution is -0.137. The second-order valence-corrected chi connectivity index (χ2v) is 8.61. The molecule has 0 aliphatic carbocycles. The fourth-order valence-corrected chi connectivity index (χ4v) is 4.21. The number of rotatable bonds is 7. The van der Waals surface area contributed by atoms with Crippen molar-refractivity contribution >= 4 is 0 Å². The Balaban J connectivity index is 1.31. The number of halogens is 3. The highest BCUT2D eigenvalue weighted by Gasteiger charge is 2.34. The maximum Gasteiger partial charge on any atom is 0.417 e. The molecule has 1 aliphatic rings. The number of hydrogen-bond donors (Lipinski definition) is 2. The van der Waals surface area contributed by atoms with Gasteiger partial charge in [0.2, 0.25) is 0 Å². The van der Waals surface area contributed by atoms with Crippen LogP contribution in [-0.2, 0) is 12.7 Å². The van der Waals surface area contributed by atoms with Crippen LogP contribution in [0.15, 0.2) is 59.1 Å². The summed E-state index contributed by atoms with van der Waals surface area (Å²) in [6, 6.07) is 16.2. The molecule has 0 amide bonds. The van der Waals surface area contributed by atoms with E-state index in [1.165, 1.54) is 23.3 Å². The number of benzene rings is 2. The van der Waals surface area contributed by atoms with Crippen molar-refractivity contribution in [1.29, 1.82) is 0 Å². The zero-order valence-corrected chi connectivity index (χ0v) is 18.8. The molecular formula is C25H29F3N4O. The van der Waals surface area contributed by atoms with Crippen LogP contribution in [0.5, 0.6) is 0 Å². The molecule has 1 aromatic heterocycles. The van der Waals surface area contributed by atoms with Crippen LogP contribution in [0.1, 0.15) is 35.4 Å². The summed E-state index contributed by atoms with van der Waals surface area (Å²) < 4.78 is 45.1. The van der Waals surface area contributed by atoms with Crippen molar-refractivity contribution in [2.45, 2.75) is 38.7 Å². The first kappa shape index (κ1) is 23.5. The van der Waals surface area contributed by atoms with E-state index >= 15 is 0 Å². The lowest BCUT2D eigenvalue weighted by atomic mass is 10.0. The zero-order valence-electron chi connectivity index (χ0n) is 18.8. The topological polar surface area (TPSA) is 53.3 Å². The van der Waals surface area contributed by atoms with Crippen LogP contribution >= 0.6 is 0 Å². The van der Waals surface area contributed by atoms with Gasteiger partial charge in [-0.05, 0) is 25.5 Å². The minimum atomic E-state index is -4.44. The Morgan fingerprint density at radius 3 is 2.70 bits per heavy atom. The first-order valence-corrected chi connectivity index (χ1v) is 11.2. The van der Waals surface area contributed by atoms with Gasteiger partial charge < -0.3 is 15.2 Å². The molecule has 2 unspecified atom stereocenters. The minimum Gasteiger partial charge on any atom is -0.359 e. The van der Waals surface area contributed by atoms with Gasteiger partial charge in [-0.25, -0.2) is 0 Å². The van der Waals surface area contributed by atoms with Gasteiger partial charge in [0.05, 0.1) is 12.1 Å². The molecule has 0 radical (unpaired) electrons. The van der Waals surface area contributed by atoms with E-state index in [1.807, 2.05) is 0 Å². The third kappa shape index (κ3) is 5.82. The van der Waals surface area contributed by atoms with Crippen molar-refractivity contribution < 1.29 is 17.7 Å². The Hall–Kier alpha value is -2.68. The Labute approximate surface area is 192 Å². The van der Waals surface area contributed by atoms with Gasteiger partial charge in [0, 0.05) is 49.9 Å². The molecular weight excluding hydrogens is 429 g/mol. The smallest absolute Gasteiger partial charge is 0.359 e. The molecule has 1 fully saturated rings. The number of aromatic nitrogens is 1. The zero-order chi connectivity index (χ0) is 23.4. The SMILES string of the molecule is Cc1ccc(C2CN(C(C)CNCc3cc(-c4ccccc4C(F)(F)F)no3)CCN2)cc1. The van der Waals surface area contributed by atoms with E-state index in [9.17, 15) is 13.2 Å². The van der Waals surface area contributed by atoms with Gasteiger partial charge in [-0.15, -0.1) is 0 Å². The van der Waals surface area contributed by atoms with Gasteiger partial charge in [-0.1, -0.05) is 53.2 Å². The first-order valence-electron chi connectivity index (χ1n) is 11.2. The molecule has 1 aliphatic heterocycles. The molecule has 2 atom stereocenters. The largest absolute Gasteiger partial charge is 0.417 e. The summed E-state index contributed by atoms with van der Waals surface area (Å²) in [5, 5.41) is 10.8. The van der Waals surface area contributed by atoms with Gasteiger partial charge in [-0.2, -0.15) is 13.2 Å². The highest BCUT2D eigenvalue weighted by atomic mass is 19.4. The average molecular weight is 459 g/mol. The Morgan fingerprint density at radius 1 is 1.18 bits per heavy atom. The van der Waals surface area contributed by atoms with E-state index in [0.29, 0.717) is 24.4 Å². The molecule has 0 saturated carbocycles. The summed E-state index contributed by atoms with van der Waals surface area (Å²) in [5.41, 5.74) is 2.04. The molecule has 5 nitrogen and oxygen atoms in total. The van der Waals surface area contributed by atoms with Crippen molar-refractivity contribution in [1.82, 2.24) is 20.7 Å². The summed E-state index contributed by atoms with van der Waals surface area (Å²) in [7, 11) is 0. The molecule has 2 aromatic carbocycles. The highest BCUT2D eigenvalue weighted by molar-refractivity contribution is 5.64. The normalized spacial score (nSPS) is 18.4. The van der Waals surface area contributed by atoms with Crippen LogP contribution in [-0.4, -0.2) is 42.3 Å². The Morgan fingerprint density at radius 2 is 1.94 bits per heavy atom. The van der Waals surface area contributed by atoms with Crippen LogP contribution in [0.25, 0.3) is 11.3 Å². The highest BCUT2D eigenvalue weighted by Crippen LogP contribution is 2.36. The van der Waals surface area contributed by atoms with Crippen LogP contribution < -0.4 is 10.6 Å². The van der Waals surface area contributed by atoms with Gasteiger partial charge in [0.25, 0.3) is 0 Å². The third-order valence-electron chi connectivity index (χ3n) is 6.12. The number of alkyl halides is 3. The number of nitrogens with one attached hydrogen (secondary N) is 2. The van der Waals surface area contributed by atoms with Gasteiger partial charge >= 0.3 is 6.18 Å². The molecule has 2 N–H and O–H groups in total. The van der Waals surface area contributed by atoms with Crippen LogP contribution in [0.3, 0.4) is 0 Å². The molecule has 3 aromatic rings. The fourth-order valence-electron chi connectivity index (χ4n) is 4.21. The average Bonchev–Trinajstić information content (AvgIpc) is 3.28. The van der Waals surface area contributed by atoms with Crippen molar-refractivity contribution in [2.24, 2.45) is 0 Å². The van der Waals surface area contributed by atoms with Gasteiger partial charge in [-0.3, -0.25) is 4.90 Å². The predicted octanol–water partition coefficient (Wildman–Crippen LogP) is 4.79. The number of piperazine rings is 1. The Kier molecular flexibility index (Phi) is 7.17. The van der Waals surface area contributed by atoms with Crippen molar-refractivity contribution in [3.05, 3.63) is 77.0 Å². The Bertz CT molecular complexity index is 1050. The minimum absolute atomic E-state index is 0.0244. The lowest BCUT2D eigenvalue weighted by Crippen LogP contribution is -2.51. The second-order valence-electron chi connectivity index (χ2n) is 8.61. The van der Waals surface area contributed by atoms with Crippen molar-refractivity contribution in [2.75, 3.05) is 26.2 Å².